The summed E-state index contributed by atoms with van der Waals surface area (Å²) in [5.74, 6) is -0.0499. The topological polar surface area (TPSA) is 54.5 Å². The molecule has 0 saturated carbocycles. The van der Waals surface area contributed by atoms with Crippen LogP contribution in [0.1, 0.15) is 17.7 Å². The lowest BCUT2D eigenvalue weighted by atomic mass is 10.1. The van der Waals surface area contributed by atoms with Crippen molar-refractivity contribution < 1.29 is 4.39 Å². The highest BCUT2D eigenvalue weighted by Gasteiger charge is 2.12. The van der Waals surface area contributed by atoms with Crippen molar-refractivity contribution in [3.63, 3.8) is 0 Å². The number of halogens is 1. The van der Waals surface area contributed by atoms with Crippen molar-refractivity contribution in [1.82, 2.24) is 20.6 Å². The van der Waals surface area contributed by atoms with Gasteiger partial charge in [-0.2, -0.15) is 17.0 Å². The summed E-state index contributed by atoms with van der Waals surface area (Å²) in [6.45, 7) is 2.07. The van der Waals surface area contributed by atoms with E-state index in [4.69, 9.17) is 0 Å². The van der Waals surface area contributed by atoms with Crippen LogP contribution in [0, 0.1) is 5.82 Å². The van der Waals surface area contributed by atoms with Crippen LogP contribution >= 0.6 is 11.8 Å². The third-order valence-electron chi connectivity index (χ3n) is 2.40. The second-order valence-corrected chi connectivity index (χ2v) is 4.53. The maximum absolute atomic E-state index is 13.6. The molecule has 0 aliphatic rings. The standard InChI is InChI=1S/C10H11FN4S/c1-6(16-2)7-3-4-9(11)8(5-7)10-12-14-15-13-10/h3-6H,1-2H3,(H,12,13,14,15). The molecule has 0 spiro atoms. The molecule has 0 aliphatic carbocycles. The quantitative estimate of drug-likeness (QED) is 0.892. The van der Waals surface area contributed by atoms with Crippen LogP contribution in [-0.2, 0) is 0 Å². The molecule has 6 heteroatoms. The minimum Gasteiger partial charge on any atom is -0.206 e. The Morgan fingerprint density at radius 1 is 1.44 bits per heavy atom. The van der Waals surface area contributed by atoms with E-state index in [1.54, 1.807) is 23.9 Å². The summed E-state index contributed by atoms with van der Waals surface area (Å²) in [5.41, 5.74) is 1.43. The fourth-order valence-electron chi connectivity index (χ4n) is 1.38. The molecule has 2 aromatic rings. The van der Waals surface area contributed by atoms with Gasteiger partial charge in [0.05, 0.1) is 5.56 Å². The Kier molecular flexibility index (Phi) is 3.19. The molecule has 0 aliphatic heterocycles. The van der Waals surface area contributed by atoms with Crippen molar-refractivity contribution in [2.75, 3.05) is 6.26 Å². The Morgan fingerprint density at radius 2 is 2.25 bits per heavy atom. The van der Waals surface area contributed by atoms with Crippen LogP contribution in [0.5, 0.6) is 0 Å². The predicted molar refractivity (Wildman–Crippen MR) is 61.5 cm³/mol. The van der Waals surface area contributed by atoms with Gasteiger partial charge in [0.2, 0.25) is 5.82 Å². The summed E-state index contributed by atoms with van der Waals surface area (Å²) < 4.78 is 13.6. The summed E-state index contributed by atoms with van der Waals surface area (Å²) >= 11 is 1.70. The molecule has 1 unspecified atom stereocenters. The highest BCUT2D eigenvalue weighted by Crippen LogP contribution is 2.29. The Bertz CT molecular complexity index is 472. The zero-order valence-corrected chi connectivity index (χ0v) is 9.75. The van der Waals surface area contributed by atoms with Crippen molar-refractivity contribution >= 4 is 11.8 Å². The van der Waals surface area contributed by atoms with Gasteiger partial charge < -0.3 is 0 Å². The summed E-state index contributed by atoms with van der Waals surface area (Å²) in [5, 5.41) is 13.6. The van der Waals surface area contributed by atoms with Gasteiger partial charge in [-0.15, -0.1) is 10.2 Å². The number of aromatic nitrogens is 4. The van der Waals surface area contributed by atoms with E-state index >= 15 is 0 Å². The fraction of sp³-hybridized carbons (Fsp3) is 0.300. The smallest absolute Gasteiger partial charge is 0.206 e. The predicted octanol–water partition coefficient (Wildman–Crippen LogP) is 2.43. The van der Waals surface area contributed by atoms with Crippen LogP contribution in [-0.4, -0.2) is 26.9 Å². The number of tetrazole rings is 1. The summed E-state index contributed by atoms with van der Waals surface area (Å²) in [6.07, 6.45) is 2.02. The van der Waals surface area contributed by atoms with E-state index in [1.165, 1.54) is 6.07 Å². The first kappa shape index (κ1) is 11.1. The van der Waals surface area contributed by atoms with Gasteiger partial charge in [-0.05, 0) is 36.1 Å². The molecule has 16 heavy (non-hydrogen) atoms. The monoisotopic (exact) mass is 238 g/mol. The zero-order valence-electron chi connectivity index (χ0n) is 8.94. The molecule has 84 valence electrons. The van der Waals surface area contributed by atoms with Gasteiger partial charge >= 0.3 is 0 Å². The van der Waals surface area contributed by atoms with Crippen LogP contribution in [0.2, 0.25) is 0 Å². The molecule has 1 aromatic carbocycles. The molecule has 1 aromatic heterocycles. The lowest BCUT2D eigenvalue weighted by Crippen LogP contribution is -1.93. The number of H-pyrrole nitrogens is 1. The molecule has 0 fully saturated rings. The van der Waals surface area contributed by atoms with E-state index in [-0.39, 0.29) is 11.6 Å². The van der Waals surface area contributed by atoms with Gasteiger partial charge in [0, 0.05) is 5.25 Å². The maximum Gasteiger partial charge on any atom is 0.207 e. The second kappa shape index (κ2) is 4.61. The highest BCUT2D eigenvalue weighted by molar-refractivity contribution is 7.98. The number of hydrogen-bond acceptors (Lipinski definition) is 4. The fourth-order valence-corrected chi connectivity index (χ4v) is 1.80. The number of rotatable bonds is 3. The van der Waals surface area contributed by atoms with Gasteiger partial charge in [0.1, 0.15) is 5.82 Å². The Morgan fingerprint density at radius 3 is 2.88 bits per heavy atom. The molecule has 0 amide bonds. The highest BCUT2D eigenvalue weighted by atomic mass is 32.2. The van der Waals surface area contributed by atoms with E-state index < -0.39 is 0 Å². The Labute approximate surface area is 96.6 Å². The van der Waals surface area contributed by atoms with E-state index in [0.717, 1.165) is 5.56 Å². The van der Waals surface area contributed by atoms with Crippen molar-refractivity contribution in [2.24, 2.45) is 0 Å². The normalized spacial score (nSPS) is 12.7. The molecule has 2 rings (SSSR count). The van der Waals surface area contributed by atoms with Crippen LogP contribution < -0.4 is 0 Å². The Balaban J connectivity index is 2.45. The van der Waals surface area contributed by atoms with Crippen molar-refractivity contribution in [3.05, 3.63) is 29.6 Å². The average molecular weight is 238 g/mol. The zero-order chi connectivity index (χ0) is 11.5. The number of nitrogens with one attached hydrogen (secondary N) is 1. The van der Waals surface area contributed by atoms with Gasteiger partial charge in [0.25, 0.3) is 0 Å². The average Bonchev–Trinajstić information content (AvgIpc) is 2.82. The van der Waals surface area contributed by atoms with E-state index in [2.05, 4.69) is 27.5 Å². The summed E-state index contributed by atoms with van der Waals surface area (Å²) in [4.78, 5) is 0. The molecule has 0 radical (unpaired) electrons. The summed E-state index contributed by atoms with van der Waals surface area (Å²) in [6, 6.07) is 4.98. The molecule has 1 atom stereocenters. The van der Waals surface area contributed by atoms with E-state index in [0.29, 0.717) is 10.8 Å². The minimum atomic E-state index is -0.335. The lowest BCUT2D eigenvalue weighted by Gasteiger charge is -2.09. The maximum atomic E-state index is 13.6. The second-order valence-electron chi connectivity index (χ2n) is 3.35. The first-order valence-electron chi connectivity index (χ1n) is 4.78. The molecule has 0 saturated heterocycles. The van der Waals surface area contributed by atoms with Gasteiger partial charge in [-0.25, -0.2) is 4.39 Å². The van der Waals surface area contributed by atoms with E-state index in [1.807, 2.05) is 6.26 Å². The first-order valence-corrected chi connectivity index (χ1v) is 6.07. The third kappa shape index (κ3) is 2.06. The van der Waals surface area contributed by atoms with E-state index in [9.17, 15) is 4.39 Å². The van der Waals surface area contributed by atoms with Crippen LogP contribution in [0.15, 0.2) is 18.2 Å². The van der Waals surface area contributed by atoms with Gasteiger partial charge in [-0.1, -0.05) is 6.07 Å². The number of hydrogen-bond donors (Lipinski definition) is 1. The SMILES string of the molecule is CSC(C)c1ccc(F)c(-c2nn[nH]n2)c1. The molecular weight excluding hydrogens is 227 g/mol. The van der Waals surface area contributed by atoms with Gasteiger partial charge in [-0.3, -0.25) is 0 Å². The third-order valence-corrected chi connectivity index (χ3v) is 3.38. The first-order chi connectivity index (χ1) is 7.72. The van der Waals surface area contributed by atoms with Gasteiger partial charge in [0.15, 0.2) is 0 Å². The van der Waals surface area contributed by atoms with Crippen molar-refractivity contribution in [2.45, 2.75) is 12.2 Å². The number of nitrogens with zero attached hydrogens (tertiary/aromatic N) is 3. The van der Waals surface area contributed by atoms with Crippen molar-refractivity contribution in [1.29, 1.82) is 0 Å². The molecule has 1 heterocycles. The largest absolute Gasteiger partial charge is 0.207 e. The summed E-state index contributed by atoms with van der Waals surface area (Å²) in [7, 11) is 0. The molecule has 0 bridgehead atoms. The van der Waals surface area contributed by atoms with Crippen molar-refractivity contribution in [3.8, 4) is 11.4 Å². The number of thioether (sulfide) groups is 1. The Hall–Kier alpha value is -1.43. The van der Waals surface area contributed by atoms with Crippen LogP contribution in [0.4, 0.5) is 4.39 Å². The minimum absolute atomic E-state index is 0.285. The molecule has 1 N–H and O–H groups in total. The lowest BCUT2D eigenvalue weighted by molar-refractivity contribution is 0.629. The van der Waals surface area contributed by atoms with Crippen LogP contribution in [0.25, 0.3) is 11.4 Å². The van der Waals surface area contributed by atoms with Crippen LogP contribution in [0.3, 0.4) is 0 Å². The number of aromatic amines is 1. The molecule has 4 nitrogen and oxygen atoms in total. The number of benzene rings is 1. The molecular formula is C10H11FN4S.